The summed E-state index contributed by atoms with van der Waals surface area (Å²) >= 11 is 0. The molecule has 4 heteroatoms. The smallest absolute Gasteiger partial charge is 0.250 e. The molecule has 1 amide bonds. The molecule has 1 fully saturated rings. The number of hydrogen-bond donors (Lipinski definition) is 3. The summed E-state index contributed by atoms with van der Waals surface area (Å²) in [5, 5.41) is 3.37. The van der Waals surface area contributed by atoms with Gasteiger partial charge in [0.1, 0.15) is 0 Å². The lowest BCUT2D eigenvalue weighted by molar-refractivity contribution is 0.100. The zero-order valence-corrected chi connectivity index (χ0v) is 11.0. The van der Waals surface area contributed by atoms with Crippen LogP contribution in [-0.2, 0) is 0 Å². The molecule has 2 aromatic carbocycles. The summed E-state index contributed by atoms with van der Waals surface area (Å²) in [6.45, 7) is 0. The number of anilines is 2. The zero-order valence-electron chi connectivity index (χ0n) is 11.0. The molecule has 5 N–H and O–H groups in total. The van der Waals surface area contributed by atoms with Gasteiger partial charge >= 0.3 is 0 Å². The van der Waals surface area contributed by atoms with Crippen molar-refractivity contribution in [3.05, 3.63) is 59.7 Å². The molecule has 2 aromatic rings. The van der Waals surface area contributed by atoms with Crippen LogP contribution in [0, 0.1) is 0 Å². The van der Waals surface area contributed by atoms with Crippen molar-refractivity contribution in [1.29, 1.82) is 0 Å². The van der Waals surface area contributed by atoms with E-state index in [1.807, 2.05) is 18.2 Å². The second-order valence-corrected chi connectivity index (χ2v) is 5.17. The zero-order chi connectivity index (χ0) is 14.1. The Kier molecular flexibility index (Phi) is 3.06. The summed E-state index contributed by atoms with van der Waals surface area (Å²) in [6, 6.07) is 15.8. The fourth-order valence-electron chi connectivity index (χ4n) is 2.52. The Morgan fingerprint density at radius 2 is 1.90 bits per heavy atom. The lowest BCUT2D eigenvalue weighted by Crippen LogP contribution is -2.16. The maximum absolute atomic E-state index is 11.4. The predicted octanol–water partition coefficient (Wildman–Crippen LogP) is 2.34. The van der Waals surface area contributed by atoms with Gasteiger partial charge in [-0.25, -0.2) is 0 Å². The molecule has 0 aromatic heterocycles. The summed E-state index contributed by atoms with van der Waals surface area (Å²) in [7, 11) is 0. The largest absolute Gasteiger partial charge is 0.399 e. The van der Waals surface area contributed by atoms with Gasteiger partial charge in [-0.2, -0.15) is 0 Å². The van der Waals surface area contributed by atoms with Gasteiger partial charge in [0.25, 0.3) is 5.91 Å². The van der Waals surface area contributed by atoms with Gasteiger partial charge in [0, 0.05) is 23.3 Å². The third kappa shape index (κ3) is 2.45. The minimum atomic E-state index is -0.440. The summed E-state index contributed by atoms with van der Waals surface area (Å²) in [6.07, 6.45) is 1.05. The third-order valence-corrected chi connectivity index (χ3v) is 3.67. The van der Waals surface area contributed by atoms with E-state index in [4.69, 9.17) is 11.5 Å². The van der Waals surface area contributed by atoms with E-state index < -0.39 is 5.91 Å². The minimum absolute atomic E-state index is 0.331. The van der Waals surface area contributed by atoms with Crippen LogP contribution in [0.4, 0.5) is 11.4 Å². The van der Waals surface area contributed by atoms with E-state index in [0.717, 1.165) is 12.1 Å². The van der Waals surface area contributed by atoms with Crippen molar-refractivity contribution in [2.45, 2.75) is 18.4 Å². The average molecular weight is 267 g/mol. The summed E-state index contributed by atoms with van der Waals surface area (Å²) in [4.78, 5) is 11.4. The molecule has 1 aliphatic rings. The van der Waals surface area contributed by atoms with Gasteiger partial charge in [-0.3, -0.25) is 4.79 Å². The molecule has 102 valence electrons. The van der Waals surface area contributed by atoms with E-state index >= 15 is 0 Å². The van der Waals surface area contributed by atoms with Crippen LogP contribution >= 0.6 is 0 Å². The average Bonchev–Trinajstić information content (AvgIpc) is 3.19. The quantitative estimate of drug-likeness (QED) is 0.744. The van der Waals surface area contributed by atoms with Crippen molar-refractivity contribution in [3.8, 4) is 0 Å². The number of amides is 1. The number of carbonyl (C=O) groups is 1. The number of nitrogens with two attached hydrogens (primary N) is 2. The first-order chi connectivity index (χ1) is 9.65. The highest BCUT2D eigenvalue weighted by Crippen LogP contribution is 2.43. The normalized spacial score (nSPS) is 20.4. The Labute approximate surface area is 117 Å². The molecule has 0 heterocycles. The van der Waals surface area contributed by atoms with Crippen molar-refractivity contribution in [1.82, 2.24) is 0 Å². The van der Waals surface area contributed by atoms with Gasteiger partial charge in [-0.05, 0) is 30.2 Å². The first-order valence-electron chi connectivity index (χ1n) is 6.66. The van der Waals surface area contributed by atoms with Gasteiger partial charge in [-0.15, -0.1) is 0 Å². The van der Waals surface area contributed by atoms with Gasteiger partial charge in [0.15, 0.2) is 0 Å². The third-order valence-electron chi connectivity index (χ3n) is 3.67. The maximum atomic E-state index is 11.4. The molecule has 2 unspecified atom stereocenters. The van der Waals surface area contributed by atoms with Gasteiger partial charge in [-0.1, -0.05) is 30.3 Å². The molecule has 0 aliphatic heterocycles. The Bertz CT molecular complexity index is 639. The molecule has 0 spiro atoms. The van der Waals surface area contributed by atoms with Crippen LogP contribution in [0.15, 0.2) is 48.5 Å². The van der Waals surface area contributed by atoms with E-state index in [9.17, 15) is 4.79 Å². The van der Waals surface area contributed by atoms with Gasteiger partial charge < -0.3 is 16.8 Å². The first-order valence-corrected chi connectivity index (χ1v) is 6.66. The van der Waals surface area contributed by atoms with Crippen LogP contribution in [0.2, 0.25) is 0 Å². The van der Waals surface area contributed by atoms with Crippen molar-refractivity contribution in [2.75, 3.05) is 11.1 Å². The Hall–Kier alpha value is -2.49. The number of nitrogens with one attached hydrogen (secondary N) is 1. The Balaban J connectivity index is 1.77. The molecular formula is C16H17N3O. The predicted molar refractivity (Wildman–Crippen MR) is 80.6 cm³/mol. The second-order valence-electron chi connectivity index (χ2n) is 5.17. The van der Waals surface area contributed by atoms with Crippen LogP contribution < -0.4 is 16.8 Å². The van der Waals surface area contributed by atoms with Gasteiger partial charge in [0.2, 0.25) is 0 Å². The number of carbonyl (C=O) groups excluding carboxylic acids is 1. The molecule has 20 heavy (non-hydrogen) atoms. The monoisotopic (exact) mass is 267 g/mol. The van der Waals surface area contributed by atoms with Crippen LogP contribution in [-0.4, -0.2) is 11.9 Å². The summed E-state index contributed by atoms with van der Waals surface area (Å²) in [5.74, 6) is 0.0442. The highest BCUT2D eigenvalue weighted by Gasteiger charge is 2.38. The van der Waals surface area contributed by atoms with Crippen LogP contribution in [0.3, 0.4) is 0 Å². The van der Waals surface area contributed by atoms with Gasteiger partial charge in [0.05, 0.1) is 5.56 Å². The van der Waals surface area contributed by atoms with E-state index in [0.29, 0.717) is 23.2 Å². The topological polar surface area (TPSA) is 81.1 Å². The standard InChI is InChI=1S/C16H17N3O/c17-11-6-7-12(16(18)20)14(8-11)19-15-9-13(15)10-4-2-1-3-5-10/h1-8,13,15,19H,9,17H2,(H2,18,20). The molecule has 1 aliphatic carbocycles. The van der Waals surface area contributed by atoms with Crippen molar-refractivity contribution in [3.63, 3.8) is 0 Å². The number of rotatable bonds is 4. The summed E-state index contributed by atoms with van der Waals surface area (Å²) < 4.78 is 0. The van der Waals surface area contributed by atoms with E-state index in [1.165, 1.54) is 5.56 Å². The fourth-order valence-corrected chi connectivity index (χ4v) is 2.52. The molecule has 0 bridgehead atoms. The number of hydrogen-bond acceptors (Lipinski definition) is 3. The summed E-state index contributed by atoms with van der Waals surface area (Å²) in [5.41, 5.74) is 14.3. The number of nitrogen functional groups attached to an aromatic ring is 1. The molecule has 1 saturated carbocycles. The Morgan fingerprint density at radius 3 is 2.60 bits per heavy atom. The highest BCUT2D eigenvalue weighted by atomic mass is 16.1. The molecule has 0 radical (unpaired) electrons. The minimum Gasteiger partial charge on any atom is -0.399 e. The molecule has 0 saturated heterocycles. The highest BCUT2D eigenvalue weighted by molar-refractivity contribution is 5.99. The van der Waals surface area contributed by atoms with Crippen LogP contribution in [0.5, 0.6) is 0 Å². The maximum Gasteiger partial charge on any atom is 0.250 e. The molecule has 4 nitrogen and oxygen atoms in total. The van der Waals surface area contributed by atoms with Crippen LogP contribution in [0.1, 0.15) is 28.3 Å². The fraction of sp³-hybridized carbons (Fsp3) is 0.188. The number of primary amides is 1. The lowest BCUT2D eigenvalue weighted by Gasteiger charge is -2.11. The van der Waals surface area contributed by atoms with Crippen LogP contribution in [0.25, 0.3) is 0 Å². The molecule has 2 atom stereocenters. The molecular weight excluding hydrogens is 250 g/mol. The second kappa shape index (κ2) is 4.89. The van der Waals surface area contributed by atoms with Crippen molar-refractivity contribution < 1.29 is 4.79 Å². The Morgan fingerprint density at radius 1 is 1.15 bits per heavy atom. The van der Waals surface area contributed by atoms with E-state index in [-0.39, 0.29) is 0 Å². The van der Waals surface area contributed by atoms with E-state index in [2.05, 4.69) is 17.4 Å². The van der Waals surface area contributed by atoms with Crippen molar-refractivity contribution in [2.24, 2.45) is 5.73 Å². The molecule has 3 rings (SSSR count). The first kappa shape index (κ1) is 12.5. The lowest BCUT2D eigenvalue weighted by atomic mass is 10.1. The van der Waals surface area contributed by atoms with E-state index in [1.54, 1.807) is 18.2 Å². The SMILES string of the molecule is NC(=O)c1ccc(N)cc1NC1CC1c1ccccc1. The van der Waals surface area contributed by atoms with Crippen molar-refractivity contribution >= 4 is 17.3 Å². The number of benzene rings is 2.